The summed E-state index contributed by atoms with van der Waals surface area (Å²) in [6.07, 6.45) is 5.96. The van der Waals surface area contributed by atoms with Crippen molar-refractivity contribution < 1.29 is 0 Å². The molecule has 206 valence electrons. The van der Waals surface area contributed by atoms with Gasteiger partial charge in [0.15, 0.2) is 0 Å². The van der Waals surface area contributed by atoms with E-state index in [4.69, 9.17) is 7.85 Å². The van der Waals surface area contributed by atoms with Crippen molar-refractivity contribution in [2.24, 2.45) is 0 Å². The molecule has 0 unspecified atom stereocenters. The van der Waals surface area contributed by atoms with Gasteiger partial charge in [-0.3, -0.25) is 0 Å². The molecule has 0 aliphatic rings. The zero-order valence-corrected chi connectivity index (χ0v) is 25.8. The molecule has 5 aromatic carbocycles. The van der Waals surface area contributed by atoms with E-state index in [-0.39, 0.29) is 11.0 Å². The molecule has 4 heteroatoms. The Bertz CT molecular complexity index is 1520. The molecule has 2 radical (unpaired) electrons. The van der Waals surface area contributed by atoms with E-state index in [0.717, 1.165) is 11.1 Å². The maximum Gasteiger partial charge on any atom is 0.0965 e. The van der Waals surface area contributed by atoms with Crippen LogP contribution in [0.3, 0.4) is 0 Å². The van der Waals surface area contributed by atoms with Gasteiger partial charge in [-0.1, -0.05) is 165 Å². The van der Waals surface area contributed by atoms with Gasteiger partial charge in [-0.25, -0.2) is 4.98 Å². The van der Waals surface area contributed by atoms with E-state index in [1.807, 2.05) is 48.9 Å². The molecule has 0 amide bonds. The van der Waals surface area contributed by atoms with Gasteiger partial charge in [0.05, 0.1) is 28.9 Å². The predicted molar refractivity (Wildman–Crippen MR) is 180 cm³/mol. The third-order valence-electron chi connectivity index (χ3n) is 7.87. The van der Waals surface area contributed by atoms with Gasteiger partial charge >= 0.3 is 0 Å². The molecule has 6 rings (SSSR count). The maximum atomic E-state index is 6.12. The lowest BCUT2D eigenvalue weighted by Gasteiger charge is -2.37. The first-order valence-corrected chi connectivity index (χ1v) is 16.0. The fourth-order valence-electron chi connectivity index (χ4n) is 5.50. The Morgan fingerprint density at radius 2 is 1.05 bits per heavy atom. The standard InChI is InChI=1S/C25H26N2Si.C13H11B/c1-20(2)21-13-15-24(16-14-21)28-25(27-18-17-26-19-27,22-9-5-3-6-10-22)23-11-7-4-8-12-23;14-13(11-7-3-1-4-8-11)12-9-5-2-6-10-12/h3-20H,28H2,1-2H3;1-10,13H. The largest absolute Gasteiger partial charge is 0.326 e. The van der Waals surface area contributed by atoms with Gasteiger partial charge in [-0.15, -0.1) is 0 Å². The third-order valence-corrected chi connectivity index (χ3v) is 10.4. The second kappa shape index (κ2) is 14.0. The van der Waals surface area contributed by atoms with Crippen molar-refractivity contribution in [2.75, 3.05) is 0 Å². The summed E-state index contributed by atoms with van der Waals surface area (Å²) < 4.78 is 2.31. The monoisotopic (exact) mass is 560 g/mol. The van der Waals surface area contributed by atoms with Gasteiger partial charge < -0.3 is 4.57 Å². The van der Waals surface area contributed by atoms with Crippen LogP contribution < -0.4 is 5.19 Å². The van der Waals surface area contributed by atoms with Crippen molar-refractivity contribution in [1.82, 2.24) is 9.55 Å². The molecule has 0 atom stereocenters. The molecule has 2 nitrogen and oxygen atoms in total. The number of rotatable bonds is 8. The van der Waals surface area contributed by atoms with Gasteiger partial charge in [0.1, 0.15) is 0 Å². The van der Waals surface area contributed by atoms with E-state index >= 15 is 0 Å². The Hall–Kier alpha value is -4.41. The zero-order valence-electron chi connectivity index (χ0n) is 24.4. The number of imidazole rings is 1. The van der Waals surface area contributed by atoms with Gasteiger partial charge in [0, 0.05) is 12.4 Å². The number of benzene rings is 5. The highest BCUT2D eigenvalue weighted by Crippen LogP contribution is 2.33. The van der Waals surface area contributed by atoms with Crippen LogP contribution in [0.4, 0.5) is 0 Å². The topological polar surface area (TPSA) is 17.8 Å². The molecule has 42 heavy (non-hydrogen) atoms. The molecule has 6 aromatic rings. The van der Waals surface area contributed by atoms with E-state index in [0.29, 0.717) is 5.92 Å². The van der Waals surface area contributed by atoms with Crippen LogP contribution in [0.1, 0.15) is 53.4 Å². The third kappa shape index (κ3) is 6.72. The Kier molecular flexibility index (Phi) is 9.68. The van der Waals surface area contributed by atoms with Gasteiger partial charge in [-0.05, 0) is 39.6 Å². The van der Waals surface area contributed by atoms with Crippen LogP contribution in [-0.4, -0.2) is 26.9 Å². The first kappa shape index (κ1) is 29.1. The summed E-state index contributed by atoms with van der Waals surface area (Å²) in [4.78, 5) is 4.40. The van der Waals surface area contributed by atoms with Crippen LogP contribution in [0, 0.1) is 0 Å². The predicted octanol–water partition coefficient (Wildman–Crippen LogP) is 7.19. The van der Waals surface area contributed by atoms with E-state index in [2.05, 4.69) is 139 Å². The quantitative estimate of drug-likeness (QED) is 0.180. The lowest BCUT2D eigenvalue weighted by Crippen LogP contribution is -2.46. The minimum Gasteiger partial charge on any atom is -0.326 e. The number of hydrogen-bond donors (Lipinski definition) is 0. The molecule has 1 heterocycles. The van der Waals surface area contributed by atoms with Crippen molar-refractivity contribution in [3.05, 3.63) is 192 Å². The van der Waals surface area contributed by atoms with Gasteiger partial charge in [0.25, 0.3) is 0 Å². The van der Waals surface area contributed by atoms with Crippen molar-refractivity contribution in [1.29, 1.82) is 0 Å². The molecule has 0 saturated heterocycles. The summed E-state index contributed by atoms with van der Waals surface area (Å²) in [5.41, 5.74) is 6.33. The molecule has 0 aliphatic carbocycles. The second-order valence-corrected chi connectivity index (χ2v) is 13.1. The van der Waals surface area contributed by atoms with Crippen LogP contribution >= 0.6 is 0 Å². The van der Waals surface area contributed by atoms with Crippen LogP contribution in [-0.2, 0) is 5.16 Å². The molecule has 0 N–H and O–H groups in total. The molecule has 1 aromatic heterocycles. The maximum absolute atomic E-state index is 6.12. The first-order chi connectivity index (χ1) is 20.6. The molecule has 0 saturated carbocycles. The van der Waals surface area contributed by atoms with Crippen molar-refractivity contribution in [3.63, 3.8) is 0 Å². The molecule has 0 bridgehead atoms. The molecule has 0 fully saturated rings. The fourth-order valence-corrected chi connectivity index (χ4v) is 7.81. The normalized spacial score (nSPS) is 11.5. The molecule has 0 aliphatic heterocycles. The van der Waals surface area contributed by atoms with E-state index in [1.54, 1.807) is 0 Å². The summed E-state index contributed by atoms with van der Waals surface area (Å²) in [7, 11) is 5.33. The summed E-state index contributed by atoms with van der Waals surface area (Å²) in [5.74, 6) is 0.537. The van der Waals surface area contributed by atoms with Crippen LogP contribution in [0.15, 0.2) is 164 Å². The SMILES string of the molecule is CC(C)c1ccc([SiH2]C(c2ccccc2)(c2ccccc2)n2ccnc2)cc1.[B]C(c1ccccc1)c1ccccc1. The minimum absolute atomic E-state index is 0.0163. The summed E-state index contributed by atoms with van der Waals surface area (Å²) in [6, 6.07) is 51.3. The summed E-state index contributed by atoms with van der Waals surface area (Å²) in [6.45, 7) is 4.49. The first-order valence-electron chi connectivity index (χ1n) is 14.6. The van der Waals surface area contributed by atoms with Crippen molar-refractivity contribution in [2.45, 2.75) is 30.7 Å². The molecule has 0 spiro atoms. The smallest absolute Gasteiger partial charge is 0.0965 e. The highest BCUT2D eigenvalue weighted by molar-refractivity contribution is 6.57. The zero-order chi connectivity index (χ0) is 29.2. The average molecular weight is 561 g/mol. The lowest BCUT2D eigenvalue weighted by molar-refractivity contribution is 0.596. The average Bonchev–Trinajstić information content (AvgIpc) is 3.61. The van der Waals surface area contributed by atoms with E-state index in [1.165, 1.54) is 21.9 Å². The Morgan fingerprint density at radius 1 is 0.595 bits per heavy atom. The number of aromatic nitrogens is 2. The van der Waals surface area contributed by atoms with Crippen LogP contribution in [0.5, 0.6) is 0 Å². The van der Waals surface area contributed by atoms with Gasteiger partial charge in [0.2, 0.25) is 0 Å². The second-order valence-electron chi connectivity index (χ2n) is 10.9. The highest BCUT2D eigenvalue weighted by Gasteiger charge is 2.36. The number of hydrogen-bond acceptors (Lipinski definition) is 1. The minimum atomic E-state index is -0.787. The van der Waals surface area contributed by atoms with Gasteiger partial charge in [-0.2, -0.15) is 0 Å². The van der Waals surface area contributed by atoms with E-state index < -0.39 is 9.52 Å². The van der Waals surface area contributed by atoms with Crippen LogP contribution in [0.25, 0.3) is 0 Å². The Morgan fingerprint density at radius 3 is 1.45 bits per heavy atom. The summed E-state index contributed by atoms with van der Waals surface area (Å²) in [5, 5.41) is 1.24. The summed E-state index contributed by atoms with van der Waals surface area (Å²) >= 11 is 0. The Labute approximate surface area is 254 Å². The van der Waals surface area contributed by atoms with Crippen LogP contribution in [0.2, 0.25) is 0 Å². The molecular weight excluding hydrogens is 523 g/mol. The lowest BCUT2D eigenvalue weighted by atomic mass is 9.76. The van der Waals surface area contributed by atoms with Crippen molar-refractivity contribution >= 4 is 22.6 Å². The molecular formula is C38H37BN2Si. The number of nitrogens with zero attached hydrogens (tertiary/aromatic N) is 2. The Balaban J connectivity index is 0.000000211. The highest BCUT2D eigenvalue weighted by atomic mass is 28.2. The fraction of sp³-hybridized carbons (Fsp3) is 0.132. The van der Waals surface area contributed by atoms with Crippen molar-refractivity contribution in [3.8, 4) is 0 Å². The van der Waals surface area contributed by atoms with E-state index in [9.17, 15) is 0 Å².